The molecular weight excluding hydrogens is 247 g/mol. The van der Waals surface area contributed by atoms with Gasteiger partial charge in [0.05, 0.1) is 11.7 Å². The summed E-state index contributed by atoms with van der Waals surface area (Å²) in [6.07, 6.45) is 4.70. The summed E-state index contributed by atoms with van der Waals surface area (Å²) in [6, 6.07) is 3.82. The normalized spacial score (nSPS) is 26.2. The molecule has 1 aromatic heterocycles. The molecule has 92 valence electrons. The van der Waals surface area contributed by atoms with Gasteiger partial charge in [0.15, 0.2) is 0 Å². The number of halogens is 2. The lowest BCUT2D eigenvalue weighted by Crippen LogP contribution is -2.36. The Morgan fingerprint density at radius 1 is 1.56 bits per heavy atom. The van der Waals surface area contributed by atoms with Crippen LogP contribution in [-0.2, 0) is 0 Å². The van der Waals surface area contributed by atoms with Gasteiger partial charge in [-0.2, -0.15) is 0 Å². The standard InChI is InChI=1S/C11H16N2O.2ClH/c1-9-6-11(9,12-2)8-14-10-4-3-5-13-7-10;;/h3-5,7,9,12H,6,8H2,1-2H3;2*1H/t9-,11+;;/m0../s1. The van der Waals surface area contributed by atoms with Gasteiger partial charge in [0.2, 0.25) is 0 Å². The maximum absolute atomic E-state index is 5.67. The molecule has 16 heavy (non-hydrogen) atoms. The van der Waals surface area contributed by atoms with Crippen molar-refractivity contribution in [1.29, 1.82) is 0 Å². The van der Waals surface area contributed by atoms with Crippen molar-refractivity contribution in [2.24, 2.45) is 5.92 Å². The minimum atomic E-state index is 0. The minimum Gasteiger partial charge on any atom is -0.490 e. The van der Waals surface area contributed by atoms with Gasteiger partial charge in [-0.05, 0) is 31.5 Å². The quantitative estimate of drug-likeness (QED) is 0.907. The summed E-state index contributed by atoms with van der Waals surface area (Å²) in [7, 11) is 2.00. The molecule has 0 unspecified atom stereocenters. The summed E-state index contributed by atoms with van der Waals surface area (Å²) in [5, 5.41) is 3.33. The summed E-state index contributed by atoms with van der Waals surface area (Å²) in [5.41, 5.74) is 0.204. The van der Waals surface area contributed by atoms with Crippen LogP contribution >= 0.6 is 24.8 Å². The maximum Gasteiger partial charge on any atom is 0.137 e. The smallest absolute Gasteiger partial charge is 0.137 e. The van der Waals surface area contributed by atoms with Crippen molar-refractivity contribution in [3.63, 3.8) is 0 Å². The molecule has 1 aliphatic carbocycles. The first-order valence-corrected chi connectivity index (χ1v) is 4.98. The van der Waals surface area contributed by atoms with Gasteiger partial charge < -0.3 is 10.1 Å². The Hall–Kier alpha value is -0.510. The Morgan fingerprint density at radius 2 is 2.25 bits per heavy atom. The fourth-order valence-electron chi connectivity index (χ4n) is 1.75. The first-order valence-electron chi connectivity index (χ1n) is 4.98. The largest absolute Gasteiger partial charge is 0.490 e. The SMILES string of the molecule is CN[C@@]1(COc2cccnc2)C[C@@H]1C.Cl.Cl. The van der Waals surface area contributed by atoms with E-state index in [4.69, 9.17) is 4.74 Å². The molecule has 1 aromatic rings. The van der Waals surface area contributed by atoms with Crippen molar-refractivity contribution in [3.8, 4) is 5.75 Å². The molecule has 3 nitrogen and oxygen atoms in total. The van der Waals surface area contributed by atoms with Crippen molar-refractivity contribution < 1.29 is 4.74 Å². The van der Waals surface area contributed by atoms with Crippen LogP contribution in [0.25, 0.3) is 0 Å². The molecule has 1 aliphatic rings. The Balaban J connectivity index is 0.00000112. The Kier molecular flexibility index (Phi) is 6.08. The van der Waals surface area contributed by atoms with E-state index in [1.807, 2.05) is 19.2 Å². The zero-order valence-electron chi connectivity index (χ0n) is 9.47. The minimum absolute atomic E-state index is 0. The van der Waals surface area contributed by atoms with Gasteiger partial charge >= 0.3 is 0 Å². The van der Waals surface area contributed by atoms with Gasteiger partial charge in [-0.3, -0.25) is 4.98 Å². The highest BCUT2D eigenvalue weighted by atomic mass is 35.5. The topological polar surface area (TPSA) is 34.1 Å². The van der Waals surface area contributed by atoms with Crippen LogP contribution in [-0.4, -0.2) is 24.2 Å². The van der Waals surface area contributed by atoms with E-state index in [9.17, 15) is 0 Å². The molecule has 0 amide bonds. The monoisotopic (exact) mass is 264 g/mol. The predicted molar refractivity (Wildman–Crippen MR) is 69.8 cm³/mol. The van der Waals surface area contributed by atoms with Crippen LogP contribution in [0.2, 0.25) is 0 Å². The molecule has 0 radical (unpaired) electrons. The van der Waals surface area contributed by atoms with Crippen molar-refractivity contribution in [2.75, 3.05) is 13.7 Å². The number of nitrogens with one attached hydrogen (secondary N) is 1. The van der Waals surface area contributed by atoms with E-state index in [2.05, 4.69) is 17.2 Å². The highest BCUT2D eigenvalue weighted by Gasteiger charge is 2.50. The van der Waals surface area contributed by atoms with Crippen LogP contribution in [0.1, 0.15) is 13.3 Å². The highest BCUT2D eigenvalue weighted by Crippen LogP contribution is 2.42. The molecule has 5 heteroatoms. The summed E-state index contributed by atoms with van der Waals surface area (Å²) in [5.74, 6) is 1.56. The number of hydrogen-bond donors (Lipinski definition) is 1. The second-order valence-electron chi connectivity index (χ2n) is 3.99. The number of likely N-dealkylation sites (N-methyl/N-ethyl adjacent to an activating group) is 1. The lowest BCUT2D eigenvalue weighted by Gasteiger charge is -2.16. The molecule has 0 saturated heterocycles. The van der Waals surface area contributed by atoms with Gasteiger partial charge in [-0.25, -0.2) is 0 Å². The van der Waals surface area contributed by atoms with E-state index in [0.29, 0.717) is 5.92 Å². The molecule has 2 rings (SSSR count). The lowest BCUT2D eigenvalue weighted by atomic mass is 10.2. The third kappa shape index (κ3) is 3.24. The van der Waals surface area contributed by atoms with Crippen LogP contribution in [0.5, 0.6) is 5.75 Å². The van der Waals surface area contributed by atoms with Crippen LogP contribution in [0.4, 0.5) is 0 Å². The Bertz CT molecular complexity index is 306. The number of nitrogens with zero attached hydrogens (tertiary/aromatic N) is 1. The van der Waals surface area contributed by atoms with E-state index < -0.39 is 0 Å². The maximum atomic E-state index is 5.67. The average Bonchev–Trinajstić information content (AvgIpc) is 2.89. The summed E-state index contributed by atoms with van der Waals surface area (Å²) in [6.45, 7) is 2.97. The molecule has 1 saturated carbocycles. The number of aromatic nitrogens is 1. The van der Waals surface area contributed by atoms with Gasteiger partial charge in [-0.15, -0.1) is 24.8 Å². The summed E-state index contributed by atoms with van der Waals surface area (Å²) >= 11 is 0. The molecule has 2 atom stereocenters. The van der Waals surface area contributed by atoms with Crippen molar-refractivity contribution in [1.82, 2.24) is 10.3 Å². The highest BCUT2D eigenvalue weighted by molar-refractivity contribution is 5.85. The van der Waals surface area contributed by atoms with Crippen LogP contribution in [0.15, 0.2) is 24.5 Å². The molecule has 1 fully saturated rings. The Morgan fingerprint density at radius 3 is 2.69 bits per heavy atom. The van der Waals surface area contributed by atoms with Crippen molar-refractivity contribution in [3.05, 3.63) is 24.5 Å². The van der Waals surface area contributed by atoms with E-state index in [1.54, 1.807) is 12.4 Å². The summed E-state index contributed by atoms with van der Waals surface area (Å²) in [4.78, 5) is 4.01. The predicted octanol–water partition coefficient (Wildman–Crippen LogP) is 2.30. The van der Waals surface area contributed by atoms with Gasteiger partial charge in [-0.1, -0.05) is 6.92 Å². The molecule has 1 N–H and O–H groups in total. The van der Waals surface area contributed by atoms with Crippen LogP contribution in [0, 0.1) is 5.92 Å². The van der Waals surface area contributed by atoms with Crippen LogP contribution < -0.4 is 10.1 Å². The summed E-state index contributed by atoms with van der Waals surface area (Å²) < 4.78 is 5.67. The second-order valence-corrected chi connectivity index (χ2v) is 3.99. The van der Waals surface area contributed by atoms with Gasteiger partial charge in [0, 0.05) is 6.20 Å². The van der Waals surface area contributed by atoms with E-state index in [-0.39, 0.29) is 30.4 Å². The zero-order valence-corrected chi connectivity index (χ0v) is 11.1. The first-order chi connectivity index (χ1) is 6.77. The van der Waals surface area contributed by atoms with Crippen molar-refractivity contribution >= 4 is 24.8 Å². The molecule has 1 heterocycles. The zero-order chi connectivity index (χ0) is 10.0. The second kappa shape index (κ2) is 6.28. The number of hydrogen-bond acceptors (Lipinski definition) is 3. The van der Waals surface area contributed by atoms with E-state index >= 15 is 0 Å². The molecule has 0 aliphatic heterocycles. The third-order valence-electron chi connectivity index (χ3n) is 3.08. The van der Waals surface area contributed by atoms with E-state index in [1.165, 1.54) is 6.42 Å². The first kappa shape index (κ1) is 15.5. The van der Waals surface area contributed by atoms with E-state index in [0.717, 1.165) is 12.4 Å². The number of rotatable bonds is 4. The van der Waals surface area contributed by atoms with Gasteiger partial charge in [0.25, 0.3) is 0 Å². The van der Waals surface area contributed by atoms with Gasteiger partial charge in [0.1, 0.15) is 12.4 Å². The van der Waals surface area contributed by atoms with Crippen LogP contribution in [0.3, 0.4) is 0 Å². The number of ether oxygens (including phenoxy) is 1. The lowest BCUT2D eigenvalue weighted by molar-refractivity contribution is 0.249. The Labute approximate surface area is 109 Å². The molecule has 0 bridgehead atoms. The fourth-order valence-corrected chi connectivity index (χ4v) is 1.75. The average molecular weight is 265 g/mol. The third-order valence-corrected chi connectivity index (χ3v) is 3.08. The fraction of sp³-hybridized carbons (Fsp3) is 0.545. The molecular formula is C11H18Cl2N2O. The molecule has 0 spiro atoms. The number of pyridine rings is 1. The molecule has 0 aromatic carbocycles. The van der Waals surface area contributed by atoms with Crippen molar-refractivity contribution in [2.45, 2.75) is 18.9 Å².